The van der Waals surface area contributed by atoms with Gasteiger partial charge in [0.1, 0.15) is 5.82 Å². The van der Waals surface area contributed by atoms with E-state index in [2.05, 4.69) is 24.1 Å². The van der Waals surface area contributed by atoms with Crippen molar-refractivity contribution in [3.8, 4) is 0 Å². The van der Waals surface area contributed by atoms with Crippen LogP contribution in [-0.2, 0) is 6.54 Å². The minimum Gasteiger partial charge on any atom is -0.314 e. The van der Waals surface area contributed by atoms with Crippen molar-refractivity contribution in [3.63, 3.8) is 0 Å². The van der Waals surface area contributed by atoms with Crippen LogP contribution in [-0.4, -0.2) is 30.1 Å². The maximum absolute atomic E-state index is 13.1. The molecule has 3 heteroatoms. The van der Waals surface area contributed by atoms with E-state index in [-0.39, 0.29) is 5.82 Å². The van der Waals surface area contributed by atoms with Gasteiger partial charge in [0, 0.05) is 31.7 Å². The van der Waals surface area contributed by atoms with Gasteiger partial charge in [-0.15, -0.1) is 0 Å². The molecule has 1 heterocycles. The lowest BCUT2D eigenvalue weighted by Gasteiger charge is -2.40. The Hall–Kier alpha value is -0.930. The lowest BCUT2D eigenvalue weighted by atomic mass is 10.1. The molecule has 88 valence electrons. The molecule has 1 saturated heterocycles. The molecule has 1 aromatic carbocycles. The van der Waals surface area contributed by atoms with Crippen LogP contribution in [0.1, 0.15) is 19.4 Å². The highest BCUT2D eigenvalue weighted by Gasteiger charge is 2.26. The highest BCUT2D eigenvalue weighted by molar-refractivity contribution is 5.16. The summed E-state index contributed by atoms with van der Waals surface area (Å²) in [5, 5.41) is 3.28. The number of benzene rings is 1. The molecule has 1 aliphatic rings. The molecule has 0 amide bonds. The molecule has 0 atom stereocenters. The van der Waals surface area contributed by atoms with Gasteiger partial charge >= 0.3 is 0 Å². The first-order valence-electron chi connectivity index (χ1n) is 5.87. The smallest absolute Gasteiger partial charge is 0.123 e. The summed E-state index contributed by atoms with van der Waals surface area (Å²) in [6.45, 7) is 7.32. The number of rotatable bonds is 4. The minimum atomic E-state index is -0.145. The summed E-state index contributed by atoms with van der Waals surface area (Å²) in [6, 6.07) is 7.99. The first kappa shape index (κ1) is 11.6. The fourth-order valence-electron chi connectivity index (χ4n) is 2.09. The Labute approximate surface area is 96.5 Å². The Morgan fingerprint density at radius 3 is 2.69 bits per heavy atom. The molecule has 1 fully saturated rings. The third-order valence-corrected chi connectivity index (χ3v) is 3.15. The Morgan fingerprint density at radius 2 is 2.19 bits per heavy atom. The molecule has 0 bridgehead atoms. The van der Waals surface area contributed by atoms with E-state index in [9.17, 15) is 4.39 Å². The Morgan fingerprint density at radius 1 is 1.44 bits per heavy atom. The number of nitrogens with zero attached hydrogens (tertiary/aromatic N) is 1. The average molecular weight is 222 g/mol. The lowest BCUT2D eigenvalue weighted by molar-refractivity contribution is 0.103. The van der Waals surface area contributed by atoms with E-state index in [1.54, 1.807) is 12.1 Å². The van der Waals surface area contributed by atoms with Crippen LogP contribution in [0.2, 0.25) is 0 Å². The first-order chi connectivity index (χ1) is 7.66. The zero-order valence-electron chi connectivity index (χ0n) is 9.91. The van der Waals surface area contributed by atoms with E-state index < -0.39 is 0 Å². The summed E-state index contributed by atoms with van der Waals surface area (Å²) in [5.41, 5.74) is 1.06. The third-order valence-electron chi connectivity index (χ3n) is 3.15. The predicted octanol–water partition coefficient (Wildman–Crippen LogP) is 2.01. The lowest BCUT2D eigenvalue weighted by Crippen LogP contribution is -2.58. The fourth-order valence-corrected chi connectivity index (χ4v) is 2.09. The van der Waals surface area contributed by atoms with Crippen molar-refractivity contribution in [2.75, 3.05) is 13.1 Å². The van der Waals surface area contributed by atoms with E-state index >= 15 is 0 Å². The second-order valence-electron chi connectivity index (χ2n) is 4.71. The van der Waals surface area contributed by atoms with Crippen LogP contribution in [0.3, 0.4) is 0 Å². The number of nitrogens with one attached hydrogen (secondary N) is 1. The summed E-state index contributed by atoms with van der Waals surface area (Å²) in [6.07, 6.45) is 0. The van der Waals surface area contributed by atoms with Crippen molar-refractivity contribution < 1.29 is 4.39 Å². The highest BCUT2D eigenvalue weighted by atomic mass is 19.1. The molecule has 0 aliphatic carbocycles. The van der Waals surface area contributed by atoms with Gasteiger partial charge in [-0.05, 0) is 31.5 Å². The van der Waals surface area contributed by atoms with Crippen LogP contribution in [0, 0.1) is 5.82 Å². The van der Waals surface area contributed by atoms with Crippen molar-refractivity contribution in [2.24, 2.45) is 0 Å². The monoisotopic (exact) mass is 222 g/mol. The molecular weight excluding hydrogens is 203 g/mol. The Bertz CT molecular complexity index is 348. The zero-order valence-corrected chi connectivity index (χ0v) is 9.91. The fraction of sp³-hybridized carbons (Fsp3) is 0.538. The van der Waals surface area contributed by atoms with Gasteiger partial charge in [0.15, 0.2) is 0 Å². The summed E-state index contributed by atoms with van der Waals surface area (Å²) in [7, 11) is 0. The largest absolute Gasteiger partial charge is 0.314 e. The maximum atomic E-state index is 13.1. The molecule has 1 aromatic rings. The van der Waals surface area contributed by atoms with Gasteiger partial charge < -0.3 is 5.32 Å². The molecule has 0 unspecified atom stereocenters. The van der Waals surface area contributed by atoms with E-state index in [1.165, 1.54) is 6.07 Å². The van der Waals surface area contributed by atoms with Gasteiger partial charge in [0.05, 0.1) is 0 Å². The van der Waals surface area contributed by atoms with Gasteiger partial charge in [0.25, 0.3) is 0 Å². The van der Waals surface area contributed by atoms with Gasteiger partial charge in [-0.2, -0.15) is 0 Å². The normalized spacial score (nSPS) is 16.8. The van der Waals surface area contributed by atoms with Crippen molar-refractivity contribution in [2.45, 2.75) is 32.5 Å². The summed E-state index contributed by atoms with van der Waals surface area (Å²) in [4.78, 5) is 2.42. The topological polar surface area (TPSA) is 15.3 Å². The summed E-state index contributed by atoms with van der Waals surface area (Å²) >= 11 is 0. The molecule has 1 aliphatic heterocycles. The van der Waals surface area contributed by atoms with Crippen LogP contribution < -0.4 is 5.32 Å². The second-order valence-corrected chi connectivity index (χ2v) is 4.71. The summed E-state index contributed by atoms with van der Waals surface area (Å²) < 4.78 is 13.1. The summed E-state index contributed by atoms with van der Waals surface area (Å²) in [5.74, 6) is -0.145. The van der Waals surface area contributed by atoms with Crippen molar-refractivity contribution >= 4 is 0 Å². The first-order valence-corrected chi connectivity index (χ1v) is 5.87. The molecule has 0 saturated carbocycles. The molecule has 1 N–H and O–H groups in total. The van der Waals surface area contributed by atoms with Gasteiger partial charge in [-0.1, -0.05) is 12.1 Å². The van der Waals surface area contributed by atoms with E-state index in [1.807, 2.05) is 6.07 Å². The van der Waals surface area contributed by atoms with Crippen molar-refractivity contribution in [1.29, 1.82) is 0 Å². The second kappa shape index (κ2) is 4.93. The number of halogens is 1. The van der Waals surface area contributed by atoms with Crippen LogP contribution in [0.25, 0.3) is 0 Å². The quantitative estimate of drug-likeness (QED) is 0.838. The predicted molar refractivity (Wildman–Crippen MR) is 63.7 cm³/mol. The number of hydrogen-bond acceptors (Lipinski definition) is 2. The van der Waals surface area contributed by atoms with Crippen LogP contribution >= 0.6 is 0 Å². The van der Waals surface area contributed by atoms with Crippen molar-refractivity contribution in [1.82, 2.24) is 10.2 Å². The van der Waals surface area contributed by atoms with Crippen molar-refractivity contribution in [3.05, 3.63) is 35.6 Å². The molecule has 16 heavy (non-hydrogen) atoms. The van der Waals surface area contributed by atoms with Gasteiger partial charge in [-0.25, -0.2) is 4.39 Å². The van der Waals surface area contributed by atoms with E-state index in [0.29, 0.717) is 12.1 Å². The standard InChI is InChI=1S/C13H19FN2/c1-10(2)16(13-7-15-8-13)9-11-4-3-5-12(14)6-11/h3-6,10,13,15H,7-9H2,1-2H3. The number of hydrogen-bond donors (Lipinski definition) is 1. The SMILES string of the molecule is CC(C)N(Cc1cccc(F)c1)C1CNC1. The molecule has 2 nitrogen and oxygen atoms in total. The molecule has 2 rings (SSSR count). The molecule has 0 radical (unpaired) electrons. The van der Waals surface area contributed by atoms with Gasteiger partial charge in [-0.3, -0.25) is 4.90 Å². The van der Waals surface area contributed by atoms with Crippen LogP contribution in [0.15, 0.2) is 24.3 Å². The van der Waals surface area contributed by atoms with Gasteiger partial charge in [0.2, 0.25) is 0 Å². The highest BCUT2D eigenvalue weighted by Crippen LogP contribution is 2.15. The van der Waals surface area contributed by atoms with E-state index in [4.69, 9.17) is 0 Å². The average Bonchev–Trinajstić information content (AvgIpc) is 2.14. The molecule has 0 spiro atoms. The Kier molecular flexibility index (Phi) is 3.56. The van der Waals surface area contributed by atoms with E-state index in [0.717, 1.165) is 25.2 Å². The molecule has 0 aromatic heterocycles. The Balaban J connectivity index is 2.04. The maximum Gasteiger partial charge on any atom is 0.123 e. The third kappa shape index (κ3) is 2.60. The van der Waals surface area contributed by atoms with Crippen LogP contribution in [0.4, 0.5) is 4.39 Å². The zero-order chi connectivity index (χ0) is 11.5. The minimum absolute atomic E-state index is 0.145. The molecular formula is C13H19FN2. The van der Waals surface area contributed by atoms with Crippen LogP contribution in [0.5, 0.6) is 0 Å².